The van der Waals surface area contributed by atoms with Crippen molar-refractivity contribution >= 4 is 15.8 Å². The molecule has 110 valence electrons. The summed E-state index contributed by atoms with van der Waals surface area (Å²) in [6, 6.07) is 12.7. The van der Waals surface area contributed by atoms with E-state index in [0.29, 0.717) is 6.54 Å². The molecule has 0 radical (unpaired) electrons. The van der Waals surface area contributed by atoms with Gasteiger partial charge in [-0.25, -0.2) is 13.4 Å². The fourth-order valence-corrected chi connectivity index (χ4v) is 4.54. The Hall–Kier alpha value is -1.92. The quantitative estimate of drug-likeness (QED) is 0.943. The lowest BCUT2D eigenvalue weighted by Crippen LogP contribution is -2.31. The van der Waals surface area contributed by atoms with Crippen molar-refractivity contribution in [1.82, 2.24) is 9.29 Å². The molecule has 2 aromatic rings. The van der Waals surface area contributed by atoms with Crippen LogP contribution in [-0.2, 0) is 10.0 Å². The highest BCUT2D eigenvalue weighted by molar-refractivity contribution is 7.89. The van der Waals surface area contributed by atoms with Crippen molar-refractivity contribution in [3.05, 3.63) is 54.2 Å². The van der Waals surface area contributed by atoms with Crippen LogP contribution in [0.25, 0.3) is 0 Å². The number of hydrogen-bond acceptors (Lipinski definition) is 4. The van der Waals surface area contributed by atoms with E-state index in [1.807, 2.05) is 30.3 Å². The Labute approximate surface area is 124 Å². The van der Waals surface area contributed by atoms with Gasteiger partial charge in [-0.2, -0.15) is 4.31 Å². The smallest absolute Gasteiger partial charge is 0.247 e. The first-order valence-corrected chi connectivity index (χ1v) is 8.32. The molecular weight excluding hydrogens is 286 g/mol. The predicted molar refractivity (Wildman–Crippen MR) is 81.0 cm³/mol. The Morgan fingerprint density at radius 2 is 1.90 bits per heavy atom. The minimum absolute atomic E-state index is 0.0520. The van der Waals surface area contributed by atoms with Crippen LogP contribution in [-0.4, -0.2) is 24.3 Å². The number of nitrogen functional groups attached to an aromatic ring is 1. The Bertz CT molecular complexity index is 732. The fraction of sp³-hybridized carbons (Fsp3) is 0.267. The monoisotopic (exact) mass is 303 g/mol. The third-order valence-corrected chi connectivity index (χ3v) is 5.73. The molecule has 1 aliphatic rings. The van der Waals surface area contributed by atoms with Crippen molar-refractivity contribution in [2.45, 2.75) is 23.8 Å². The summed E-state index contributed by atoms with van der Waals surface area (Å²) in [5.74, 6) is 0.0520. The first kappa shape index (κ1) is 14.0. The first-order valence-electron chi connectivity index (χ1n) is 6.88. The molecule has 2 heterocycles. The molecule has 1 aromatic heterocycles. The zero-order chi connectivity index (χ0) is 14.9. The lowest BCUT2D eigenvalue weighted by Gasteiger charge is -2.24. The zero-order valence-corrected chi connectivity index (χ0v) is 12.3. The minimum Gasteiger partial charge on any atom is -0.383 e. The van der Waals surface area contributed by atoms with E-state index in [2.05, 4.69) is 4.98 Å². The third-order valence-electron chi connectivity index (χ3n) is 3.77. The largest absolute Gasteiger partial charge is 0.383 e. The molecule has 0 amide bonds. The molecule has 21 heavy (non-hydrogen) atoms. The number of benzene rings is 1. The van der Waals surface area contributed by atoms with Gasteiger partial charge in [-0.05, 0) is 30.5 Å². The van der Waals surface area contributed by atoms with Gasteiger partial charge >= 0.3 is 0 Å². The second-order valence-electron chi connectivity index (χ2n) is 5.07. The van der Waals surface area contributed by atoms with E-state index in [9.17, 15) is 8.42 Å². The summed E-state index contributed by atoms with van der Waals surface area (Å²) in [5, 5.41) is 0. The van der Waals surface area contributed by atoms with Crippen LogP contribution in [0.1, 0.15) is 24.4 Å². The average molecular weight is 303 g/mol. The van der Waals surface area contributed by atoms with Crippen molar-refractivity contribution in [2.24, 2.45) is 0 Å². The van der Waals surface area contributed by atoms with Gasteiger partial charge in [0.2, 0.25) is 10.0 Å². The van der Waals surface area contributed by atoms with Crippen LogP contribution in [0.5, 0.6) is 0 Å². The van der Waals surface area contributed by atoms with Gasteiger partial charge in [0.25, 0.3) is 0 Å². The van der Waals surface area contributed by atoms with Gasteiger partial charge in [0.1, 0.15) is 10.7 Å². The summed E-state index contributed by atoms with van der Waals surface area (Å²) in [6.45, 7) is 0.510. The van der Waals surface area contributed by atoms with Crippen LogP contribution in [0.4, 0.5) is 5.82 Å². The van der Waals surface area contributed by atoms with Gasteiger partial charge in [0, 0.05) is 12.7 Å². The minimum atomic E-state index is -3.62. The van der Waals surface area contributed by atoms with Crippen molar-refractivity contribution in [3.63, 3.8) is 0 Å². The topological polar surface area (TPSA) is 76.3 Å². The summed E-state index contributed by atoms with van der Waals surface area (Å²) < 4.78 is 27.2. The highest BCUT2D eigenvalue weighted by Crippen LogP contribution is 2.37. The van der Waals surface area contributed by atoms with Gasteiger partial charge in [-0.15, -0.1) is 0 Å². The number of anilines is 1. The Balaban J connectivity index is 2.01. The van der Waals surface area contributed by atoms with E-state index in [1.54, 1.807) is 6.07 Å². The third kappa shape index (κ3) is 2.52. The molecule has 1 unspecified atom stereocenters. The number of pyridine rings is 1. The normalized spacial score (nSPS) is 19.7. The van der Waals surface area contributed by atoms with Crippen LogP contribution in [0.2, 0.25) is 0 Å². The molecule has 1 saturated heterocycles. The van der Waals surface area contributed by atoms with Crippen molar-refractivity contribution in [3.8, 4) is 0 Å². The molecule has 1 aromatic carbocycles. The molecule has 5 nitrogen and oxygen atoms in total. The van der Waals surface area contributed by atoms with E-state index >= 15 is 0 Å². The van der Waals surface area contributed by atoms with E-state index in [4.69, 9.17) is 5.73 Å². The summed E-state index contributed by atoms with van der Waals surface area (Å²) in [6.07, 6.45) is 3.16. The fourth-order valence-electron chi connectivity index (χ4n) is 2.78. The van der Waals surface area contributed by atoms with E-state index in [-0.39, 0.29) is 16.8 Å². The summed E-state index contributed by atoms with van der Waals surface area (Å²) >= 11 is 0. The molecule has 3 rings (SSSR count). The van der Waals surface area contributed by atoms with E-state index in [0.717, 1.165) is 18.4 Å². The Morgan fingerprint density at radius 3 is 2.62 bits per heavy atom. The van der Waals surface area contributed by atoms with Crippen molar-refractivity contribution < 1.29 is 8.42 Å². The van der Waals surface area contributed by atoms with Crippen LogP contribution in [0.3, 0.4) is 0 Å². The SMILES string of the molecule is Nc1ncccc1S(=O)(=O)N1CCCC1c1ccccc1. The molecule has 1 aliphatic heterocycles. The lowest BCUT2D eigenvalue weighted by atomic mass is 10.1. The van der Waals surface area contributed by atoms with Crippen molar-refractivity contribution in [2.75, 3.05) is 12.3 Å². The van der Waals surface area contributed by atoms with Crippen molar-refractivity contribution in [1.29, 1.82) is 0 Å². The number of nitrogens with zero attached hydrogens (tertiary/aromatic N) is 2. The Morgan fingerprint density at radius 1 is 1.14 bits per heavy atom. The number of nitrogens with two attached hydrogens (primary N) is 1. The predicted octanol–water partition coefficient (Wildman–Crippen LogP) is 2.19. The number of aromatic nitrogens is 1. The summed E-state index contributed by atoms with van der Waals surface area (Å²) in [4.78, 5) is 3.98. The lowest BCUT2D eigenvalue weighted by molar-refractivity contribution is 0.397. The maximum atomic E-state index is 12.8. The molecule has 0 saturated carbocycles. The van der Waals surface area contributed by atoms with Gasteiger partial charge in [-0.3, -0.25) is 0 Å². The average Bonchev–Trinajstić information content (AvgIpc) is 2.99. The highest BCUT2D eigenvalue weighted by atomic mass is 32.2. The molecule has 6 heteroatoms. The van der Waals surface area contributed by atoms with E-state index in [1.165, 1.54) is 16.6 Å². The second kappa shape index (κ2) is 5.46. The summed E-state index contributed by atoms with van der Waals surface area (Å²) in [7, 11) is -3.62. The van der Waals surface area contributed by atoms with E-state index < -0.39 is 10.0 Å². The molecule has 0 bridgehead atoms. The molecule has 0 spiro atoms. The summed E-state index contributed by atoms with van der Waals surface area (Å²) in [5.41, 5.74) is 6.76. The maximum Gasteiger partial charge on any atom is 0.247 e. The molecule has 1 atom stereocenters. The number of rotatable bonds is 3. The van der Waals surface area contributed by atoms with Crippen LogP contribution in [0, 0.1) is 0 Å². The molecule has 0 aliphatic carbocycles. The molecule has 1 fully saturated rings. The number of sulfonamides is 1. The highest BCUT2D eigenvalue weighted by Gasteiger charge is 2.37. The van der Waals surface area contributed by atoms with Gasteiger partial charge < -0.3 is 5.73 Å². The molecule has 2 N–H and O–H groups in total. The maximum absolute atomic E-state index is 12.8. The standard InChI is InChI=1S/C15H17N3O2S/c16-15-14(9-4-10-17-15)21(19,20)18-11-5-8-13(18)12-6-2-1-3-7-12/h1-4,6-7,9-10,13H,5,8,11H2,(H2,16,17). The van der Waals surface area contributed by atoms with Gasteiger partial charge in [0.05, 0.1) is 6.04 Å². The van der Waals surface area contributed by atoms with Gasteiger partial charge in [0.15, 0.2) is 0 Å². The first-order chi connectivity index (χ1) is 10.1. The van der Waals surface area contributed by atoms with Crippen LogP contribution >= 0.6 is 0 Å². The van der Waals surface area contributed by atoms with Crippen LogP contribution < -0.4 is 5.73 Å². The van der Waals surface area contributed by atoms with Gasteiger partial charge in [-0.1, -0.05) is 30.3 Å². The van der Waals surface area contributed by atoms with Crippen LogP contribution in [0.15, 0.2) is 53.6 Å². The second-order valence-corrected chi connectivity index (χ2v) is 6.93. The number of hydrogen-bond donors (Lipinski definition) is 1. The Kier molecular flexibility index (Phi) is 3.65. The molecular formula is C15H17N3O2S. The zero-order valence-electron chi connectivity index (χ0n) is 11.5.